The summed E-state index contributed by atoms with van der Waals surface area (Å²) < 4.78 is 10.4. The van der Waals surface area contributed by atoms with E-state index in [-0.39, 0.29) is 5.75 Å². The van der Waals surface area contributed by atoms with Gasteiger partial charge in [-0.15, -0.1) is 0 Å². The van der Waals surface area contributed by atoms with Crippen LogP contribution in [0.3, 0.4) is 0 Å². The second-order valence-corrected chi connectivity index (χ2v) is 3.84. The largest absolute Gasteiger partial charge is 0.506 e. The van der Waals surface area contributed by atoms with Crippen LogP contribution in [-0.4, -0.2) is 21.9 Å². The van der Waals surface area contributed by atoms with Crippen LogP contribution in [0, 0.1) is 0 Å². The highest BCUT2D eigenvalue weighted by atomic mass is 16.5. The number of phenols is 1. The molecule has 2 rings (SSSR count). The molecular formula is C12H15N3O3. The molecule has 0 unspecified atom stereocenters. The monoisotopic (exact) mass is 249 g/mol. The van der Waals surface area contributed by atoms with Crippen LogP contribution in [0.25, 0.3) is 11.5 Å². The van der Waals surface area contributed by atoms with E-state index in [1.54, 1.807) is 12.1 Å². The van der Waals surface area contributed by atoms with Crippen molar-refractivity contribution in [3.8, 4) is 17.2 Å². The van der Waals surface area contributed by atoms with Crippen LogP contribution < -0.4 is 5.73 Å². The predicted octanol–water partition coefficient (Wildman–Crippen LogP) is 1.95. The van der Waals surface area contributed by atoms with Crippen LogP contribution in [0.5, 0.6) is 5.75 Å². The third-order valence-electron chi connectivity index (χ3n) is 2.33. The third kappa shape index (κ3) is 2.78. The summed E-state index contributed by atoms with van der Waals surface area (Å²) in [6.07, 6.45) is 0.941. The molecule has 1 heterocycles. The standard InChI is InChI=1S/C12H15N3O3/c1-2-5-17-7-11-14-12(18-15-11)8-3-4-9(13)10(16)6-8/h3-4,6,16H,2,5,7,13H2,1H3. The van der Waals surface area contributed by atoms with E-state index >= 15 is 0 Å². The number of rotatable bonds is 5. The summed E-state index contributed by atoms with van der Waals surface area (Å²) in [5, 5.41) is 13.3. The Labute approximate surface area is 104 Å². The number of nitrogens with two attached hydrogens (primary N) is 1. The van der Waals surface area contributed by atoms with Crippen molar-refractivity contribution in [1.29, 1.82) is 0 Å². The molecule has 0 fully saturated rings. The Bertz CT molecular complexity index is 525. The fourth-order valence-corrected chi connectivity index (χ4v) is 1.41. The van der Waals surface area contributed by atoms with Gasteiger partial charge in [-0.2, -0.15) is 4.98 Å². The van der Waals surface area contributed by atoms with Crippen LogP contribution in [0.15, 0.2) is 22.7 Å². The molecule has 0 aliphatic carbocycles. The first-order chi connectivity index (χ1) is 8.70. The molecule has 6 heteroatoms. The van der Waals surface area contributed by atoms with E-state index in [1.807, 2.05) is 6.92 Å². The Balaban J connectivity index is 2.11. The number of anilines is 1. The van der Waals surface area contributed by atoms with E-state index in [0.717, 1.165) is 6.42 Å². The zero-order valence-electron chi connectivity index (χ0n) is 10.1. The van der Waals surface area contributed by atoms with Gasteiger partial charge >= 0.3 is 0 Å². The fraction of sp³-hybridized carbons (Fsp3) is 0.333. The number of benzene rings is 1. The second kappa shape index (κ2) is 5.50. The number of aromatic hydroxyl groups is 1. The number of phenolic OH excluding ortho intramolecular Hbond substituents is 1. The van der Waals surface area contributed by atoms with Crippen LogP contribution in [0.1, 0.15) is 19.2 Å². The second-order valence-electron chi connectivity index (χ2n) is 3.84. The molecule has 1 aromatic heterocycles. The Morgan fingerprint density at radius 2 is 2.28 bits per heavy atom. The summed E-state index contributed by atoms with van der Waals surface area (Å²) in [7, 11) is 0. The van der Waals surface area contributed by atoms with E-state index in [0.29, 0.717) is 36.2 Å². The maximum absolute atomic E-state index is 9.50. The third-order valence-corrected chi connectivity index (χ3v) is 2.33. The lowest BCUT2D eigenvalue weighted by molar-refractivity contribution is 0.114. The summed E-state index contributed by atoms with van der Waals surface area (Å²) in [6, 6.07) is 4.78. The minimum Gasteiger partial charge on any atom is -0.506 e. The van der Waals surface area contributed by atoms with Crippen LogP contribution in [-0.2, 0) is 11.3 Å². The average Bonchev–Trinajstić information content (AvgIpc) is 2.82. The number of hydrogen-bond donors (Lipinski definition) is 2. The van der Waals surface area contributed by atoms with Crippen LogP contribution >= 0.6 is 0 Å². The smallest absolute Gasteiger partial charge is 0.258 e. The SMILES string of the molecule is CCCOCc1noc(-c2ccc(N)c(O)c2)n1. The lowest BCUT2D eigenvalue weighted by atomic mass is 10.2. The van der Waals surface area contributed by atoms with Crippen molar-refractivity contribution in [2.75, 3.05) is 12.3 Å². The maximum Gasteiger partial charge on any atom is 0.258 e. The molecule has 0 bridgehead atoms. The van der Waals surface area contributed by atoms with Gasteiger partial charge in [0.25, 0.3) is 5.89 Å². The molecule has 0 atom stereocenters. The van der Waals surface area contributed by atoms with E-state index in [9.17, 15) is 5.11 Å². The maximum atomic E-state index is 9.50. The first kappa shape index (κ1) is 12.4. The summed E-state index contributed by atoms with van der Waals surface area (Å²) in [4.78, 5) is 4.17. The van der Waals surface area contributed by atoms with Crippen molar-refractivity contribution in [3.05, 3.63) is 24.0 Å². The van der Waals surface area contributed by atoms with E-state index in [1.165, 1.54) is 6.07 Å². The van der Waals surface area contributed by atoms with Gasteiger partial charge in [0.1, 0.15) is 12.4 Å². The Kier molecular flexibility index (Phi) is 3.78. The Morgan fingerprint density at radius 1 is 1.44 bits per heavy atom. The summed E-state index contributed by atoms with van der Waals surface area (Å²) in [5.41, 5.74) is 6.45. The zero-order valence-corrected chi connectivity index (χ0v) is 10.1. The number of nitrogen functional groups attached to an aromatic ring is 1. The van der Waals surface area contributed by atoms with Gasteiger partial charge < -0.3 is 20.1 Å². The van der Waals surface area contributed by atoms with Crippen LogP contribution in [0.4, 0.5) is 5.69 Å². The predicted molar refractivity (Wildman–Crippen MR) is 65.8 cm³/mol. The normalized spacial score (nSPS) is 10.7. The van der Waals surface area contributed by atoms with Crippen molar-refractivity contribution in [2.45, 2.75) is 20.0 Å². The molecule has 0 saturated carbocycles. The Hall–Kier alpha value is -2.08. The molecule has 0 radical (unpaired) electrons. The molecule has 0 amide bonds. The van der Waals surface area contributed by atoms with Gasteiger partial charge in [-0.05, 0) is 24.6 Å². The number of nitrogens with zero attached hydrogens (tertiary/aromatic N) is 2. The molecule has 6 nitrogen and oxygen atoms in total. The minimum atomic E-state index is -0.00511. The molecule has 0 aliphatic rings. The number of hydrogen-bond acceptors (Lipinski definition) is 6. The highest BCUT2D eigenvalue weighted by Crippen LogP contribution is 2.26. The van der Waals surface area contributed by atoms with Gasteiger partial charge in [0, 0.05) is 12.2 Å². The van der Waals surface area contributed by atoms with Crippen molar-refractivity contribution in [3.63, 3.8) is 0 Å². The average molecular weight is 249 g/mol. The van der Waals surface area contributed by atoms with Gasteiger partial charge in [-0.1, -0.05) is 12.1 Å². The lowest BCUT2D eigenvalue weighted by Gasteiger charge is -1.99. The molecule has 2 aromatic rings. The van der Waals surface area contributed by atoms with E-state index in [4.69, 9.17) is 15.0 Å². The van der Waals surface area contributed by atoms with Gasteiger partial charge in [-0.25, -0.2) is 0 Å². The molecule has 0 aliphatic heterocycles. The van der Waals surface area contributed by atoms with Crippen molar-refractivity contribution < 1.29 is 14.4 Å². The van der Waals surface area contributed by atoms with Crippen molar-refractivity contribution in [2.24, 2.45) is 0 Å². The first-order valence-corrected chi connectivity index (χ1v) is 5.70. The molecular weight excluding hydrogens is 234 g/mol. The highest BCUT2D eigenvalue weighted by molar-refractivity contribution is 5.63. The molecule has 0 spiro atoms. The summed E-state index contributed by atoms with van der Waals surface area (Å²) >= 11 is 0. The van der Waals surface area contributed by atoms with Gasteiger partial charge in [0.05, 0.1) is 5.69 Å². The van der Waals surface area contributed by atoms with E-state index in [2.05, 4.69) is 10.1 Å². The summed E-state index contributed by atoms with van der Waals surface area (Å²) in [5.74, 6) is 0.810. The Morgan fingerprint density at radius 3 is 3.00 bits per heavy atom. The topological polar surface area (TPSA) is 94.4 Å². The lowest BCUT2D eigenvalue weighted by Crippen LogP contribution is -1.95. The fourth-order valence-electron chi connectivity index (χ4n) is 1.41. The van der Waals surface area contributed by atoms with Gasteiger partial charge in [0.15, 0.2) is 5.82 Å². The number of aromatic nitrogens is 2. The molecule has 3 N–H and O–H groups in total. The van der Waals surface area contributed by atoms with Gasteiger partial charge in [-0.3, -0.25) is 0 Å². The quantitative estimate of drug-likeness (QED) is 0.478. The minimum absolute atomic E-state index is 0.00511. The zero-order chi connectivity index (χ0) is 13.0. The molecule has 1 aromatic carbocycles. The molecule has 0 saturated heterocycles. The highest BCUT2D eigenvalue weighted by Gasteiger charge is 2.10. The first-order valence-electron chi connectivity index (χ1n) is 5.70. The molecule has 96 valence electrons. The molecule has 18 heavy (non-hydrogen) atoms. The summed E-state index contributed by atoms with van der Waals surface area (Å²) in [6.45, 7) is 3.00. The number of ether oxygens (including phenoxy) is 1. The van der Waals surface area contributed by atoms with Crippen molar-refractivity contribution in [1.82, 2.24) is 10.1 Å². The van der Waals surface area contributed by atoms with Crippen LogP contribution in [0.2, 0.25) is 0 Å². The van der Waals surface area contributed by atoms with Gasteiger partial charge in [0.2, 0.25) is 0 Å². The van der Waals surface area contributed by atoms with Crippen molar-refractivity contribution >= 4 is 5.69 Å². The van der Waals surface area contributed by atoms with E-state index < -0.39 is 0 Å².